The van der Waals surface area contributed by atoms with E-state index in [0.717, 1.165) is 11.4 Å². The summed E-state index contributed by atoms with van der Waals surface area (Å²) in [7, 11) is 0. The molecule has 18 heavy (non-hydrogen) atoms. The normalized spacial score (nSPS) is 10.3. The molecule has 0 atom stereocenters. The van der Waals surface area contributed by atoms with Crippen molar-refractivity contribution in [3.05, 3.63) is 35.3 Å². The zero-order chi connectivity index (χ0) is 13.1. The average Bonchev–Trinajstić information content (AvgIpc) is 2.27. The molecule has 0 radical (unpaired) electrons. The van der Waals surface area contributed by atoms with Crippen molar-refractivity contribution in [3.8, 4) is 0 Å². The van der Waals surface area contributed by atoms with Gasteiger partial charge in [-0.1, -0.05) is 0 Å². The van der Waals surface area contributed by atoms with Gasteiger partial charge in [0.15, 0.2) is 5.16 Å². The average molecular weight is 260 g/mol. The number of aromatic nitrogens is 4. The molecule has 0 saturated carbocycles. The lowest BCUT2D eigenvalue weighted by Gasteiger charge is -2.05. The third kappa shape index (κ3) is 2.80. The molecule has 0 fully saturated rings. The minimum absolute atomic E-state index is 0.0447. The summed E-state index contributed by atoms with van der Waals surface area (Å²) < 4.78 is 0. The zero-order valence-corrected chi connectivity index (χ0v) is 10.8. The number of hydrogen-bond acceptors (Lipinski definition) is 6. The molecule has 0 amide bonds. The van der Waals surface area contributed by atoms with E-state index in [0.29, 0.717) is 15.7 Å². The predicted octanol–water partition coefficient (Wildman–Crippen LogP) is 1.32. The first-order valence-corrected chi connectivity index (χ1v) is 6.04. The van der Waals surface area contributed by atoms with Crippen LogP contribution in [0.5, 0.6) is 0 Å². The molecule has 0 spiro atoms. The molecule has 0 bridgehead atoms. The highest BCUT2D eigenvalue weighted by Gasteiger charge is 2.11. The Bertz CT molecular complexity index is 578. The van der Waals surface area contributed by atoms with Crippen molar-refractivity contribution in [2.75, 3.05) is 0 Å². The van der Waals surface area contributed by atoms with Gasteiger partial charge in [0.2, 0.25) is 0 Å². The van der Waals surface area contributed by atoms with Crippen molar-refractivity contribution >= 4 is 17.6 Å². The SMILES string of the molecule is Cc1cc(C)nc(Sc2nnccc2C(=N)N)n1. The van der Waals surface area contributed by atoms with Gasteiger partial charge in [-0.3, -0.25) is 5.41 Å². The lowest BCUT2D eigenvalue weighted by Crippen LogP contribution is -2.13. The summed E-state index contributed by atoms with van der Waals surface area (Å²) in [6.45, 7) is 3.81. The molecule has 92 valence electrons. The van der Waals surface area contributed by atoms with Crippen LogP contribution in [0.25, 0.3) is 0 Å². The van der Waals surface area contributed by atoms with Gasteiger partial charge in [0.1, 0.15) is 10.9 Å². The number of nitrogens with two attached hydrogens (primary N) is 1. The smallest absolute Gasteiger partial charge is 0.194 e. The van der Waals surface area contributed by atoms with Crippen molar-refractivity contribution in [3.63, 3.8) is 0 Å². The van der Waals surface area contributed by atoms with Crippen LogP contribution in [0.15, 0.2) is 28.5 Å². The maximum atomic E-state index is 7.48. The van der Waals surface area contributed by atoms with Crippen LogP contribution in [0.3, 0.4) is 0 Å². The van der Waals surface area contributed by atoms with E-state index in [4.69, 9.17) is 11.1 Å². The first-order chi connectivity index (χ1) is 8.56. The highest BCUT2D eigenvalue weighted by molar-refractivity contribution is 7.99. The molecular formula is C11H12N6S. The lowest BCUT2D eigenvalue weighted by molar-refractivity contribution is 0.881. The van der Waals surface area contributed by atoms with Gasteiger partial charge in [-0.15, -0.1) is 5.10 Å². The number of hydrogen-bond donors (Lipinski definition) is 2. The van der Waals surface area contributed by atoms with Gasteiger partial charge in [0, 0.05) is 11.4 Å². The topological polar surface area (TPSA) is 101 Å². The summed E-state index contributed by atoms with van der Waals surface area (Å²) in [6, 6.07) is 3.55. The Morgan fingerprint density at radius 2 is 1.94 bits per heavy atom. The summed E-state index contributed by atoms with van der Waals surface area (Å²) in [5.74, 6) is -0.0447. The lowest BCUT2D eigenvalue weighted by atomic mass is 10.3. The van der Waals surface area contributed by atoms with Gasteiger partial charge < -0.3 is 5.73 Å². The fourth-order valence-electron chi connectivity index (χ4n) is 1.42. The maximum Gasteiger partial charge on any atom is 0.194 e. The van der Waals surface area contributed by atoms with E-state index in [1.54, 1.807) is 6.07 Å². The van der Waals surface area contributed by atoms with Crippen LogP contribution in [0.2, 0.25) is 0 Å². The summed E-state index contributed by atoms with van der Waals surface area (Å²) in [5.41, 5.74) is 7.80. The van der Waals surface area contributed by atoms with E-state index >= 15 is 0 Å². The molecule has 0 unspecified atom stereocenters. The molecule has 7 heteroatoms. The molecule has 0 aliphatic heterocycles. The number of nitrogens with zero attached hydrogens (tertiary/aromatic N) is 4. The van der Waals surface area contributed by atoms with Crippen LogP contribution in [0.4, 0.5) is 0 Å². The molecule has 6 nitrogen and oxygen atoms in total. The summed E-state index contributed by atoms with van der Waals surface area (Å²) >= 11 is 1.25. The van der Waals surface area contributed by atoms with E-state index in [1.165, 1.54) is 18.0 Å². The minimum Gasteiger partial charge on any atom is -0.384 e. The highest BCUT2D eigenvalue weighted by Crippen LogP contribution is 2.25. The standard InChI is InChI=1S/C11H12N6S/c1-6-5-7(2)16-11(15-6)18-10-8(9(12)13)3-4-14-17-10/h3-5H,1-2H3,(H3,12,13). The zero-order valence-electron chi connectivity index (χ0n) is 10.0. The number of aryl methyl sites for hydroxylation is 2. The second kappa shape index (κ2) is 5.09. The van der Waals surface area contributed by atoms with Crippen LogP contribution in [0.1, 0.15) is 17.0 Å². The van der Waals surface area contributed by atoms with Crippen molar-refractivity contribution in [1.29, 1.82) is 5.41 Å². The fraction of sp³-hybridized carbons (Fsp3) is 0.182. The number of amidine groups is 1. The van der Waals surface area contributed by atoms with Crippen molar-refractivity contribution < 1.29 is 0 Å². The number of nitrogen functional groups attached to an aromatic ring is 1. The van der Waals surface area contributed by atoms with E-state index in [-0.39, 0.29) is 5.84 Å². The van der Waals surface area contributed by atoms with Crippen LogP contribution in [-0.4, -0.2) is 26.0 Å². The molecule has 0 aliphatic carbocycles. The Kier molecular flexibility index (Phi) is 3.52. The molecule has 3 N–H and O–H groups in total. The molecule has 2 aromatic rings. The molecule has 2 rings (SSSR count). The molecule has 0 saturated heterocycles. The van der Waals surface area contributed by atoms with Gasteiger partial charge in [0.05, 0.1) is 11.8 Å². The Labute approximate surface area is 109 Å². The van der Waals surface area contributed by atoms with Gasteiger partial charge in [0.25, 0.3) is 0 Å². The first kappa shape index (κ1) is 12.4. The quantitative estimate of drug-likeness (QED) is 0.490. The van der Waals surface area contributed by atoms with Crippen LogP contribution in [-0.2, 0) is 0 Å². The molecule has 0 aromatic carbocycles. The first-order valence-electron chi connectivity index (χ1n) is 5.22. The van der Waals surface area contributed by atoms with E-state index in [2.05, 4.69) is 20.2 Å². The second-order valence-electron chi connectivity index (χ2n) is 3.70. The number of nitrogens with one attached hydrogen (secondary N) is 1. The highest BCUT2D eigenvalue weighted by atomic mass is 32.2. The van der Waals surface area contributed by atoms with Crippen LogP contribution >= 0.6 is 11.8 Å². The van der Waals surface area contributed by atoms with E-state index in [1.807, 2.05) is 19.9 Å². The Morgan fingerprint density at radius 1 is 1.28 bits per heavy atom. The predicted molar refractivity (Wildman–Crippen MR) is 68.7 cm³/mol. The largest absolute Gasteiger partial charge is 0.384 e. The molecule has 0 aliphatic rings. The van der Waals surface area contributed by atoms with Gasteiger partial charge in [-0.25, -0.2) is 9.97 Å². The molecule has 2 heterocycles. The molecular weight excluding hydrogens is 248 g/mol. The van der Waals surface area contributed by atoms with E-state index < -0.39 is 0 Å². The third-order valence-electron chi connectivity index (χ3n) is 2.13. The van der Waals surface area contributed by atoms with Gasteiger partial charge in [-0.05, 0) is 37.7 Å². The van der Waals surface area contributed by atoms with Crippen LogP contribution < -0.4 is 5.73 Å². The Morgan fingerprint density at radius 3 is 2.56 bits per heavy atom. The fourth-order valence-corrected chi connectivity index (χ4v) is 2.35. The Hall–Kier alpha value is -2.02. The van der Waals surface area contributed by atoms with Crippen molar-refractivity contribution in [2.45, 2.75) is 24.0 Å². The summed E-state index contributed by atoms with van der Waals surface area (Å²) in [6.07, 6.45) is 1.50. The number of rotatable bonds is 3. The van der Waals surface area contributed by atoms with Crippen molar-refractivity contribution in [2.24, 2.45) is 5.73 Å². The van der Waals surface area contributed by atoms with Gasteiger partial charge in [-0.2, -0.15) is 5.10 Å². The van der Waals surface area contributed by atoms with Crippen molar-refractivity contribution in [1.82, 2.24) is 20.2 Å². The Balaban J connectivity index is 2.37. The van der Waals surface area contributed by atoms with E-state index in [9.17, 15) is 0 Å². The maximum absolute atomic E-state index is 7.48. The monoisotopic (exact) mass is 260 g/mol. The summed E-state index contributed by atoms with van der Waals surface area (Å²) in [5, 5.41) is 16.4. The third-order valence-corrected chi connectivity index (χ3v) is 2.99. The summed E-state index contributed by atoms with van der Waals surface area (Å²) in [4.78, 5) is 8.61. The second-order valence-corrected chi connectivity index (χ2v) is 4.66. The van der Waals surface area contributed by atoms with Gasteiger partial charge >= 0.3 is 0 Å². The minimum atomic E-state index is -0.0447. The molecule has 2 aromatic heterocycles. The van der Waals surface area contributed by atoms with Crippen LogP contribution in [0, 0.1) is 19.3 Å².